The monoisotopic (exact) mass is 379 g/mol. The molecular formula is C11H11Br2NS2. The van der Waals surface area contributed by atoms with E-state index in [1.165, 1.54) is 18.7 Å². The van der Waals surface area contributed by atoms with Crippen molar-refractivity contribution in [1.29, 1.82) is 0 Å². The zero-order chi connectivity index (χ0) is 11.5. The Morgan fingerprint density at radius 1 is 1.38 bits per heavy atom. The van der Waals surface area contributed by atoms with Crippen molar-refractivity contribution in [2.24, 2.45) is 0 Å². The molecule has 0 aliphatic heterocycles. The second kappa shape index (κ2) is 5.78. The molecule has 0 amide bonds. The van der Waals surface area contributed by atoms with Crippen LogP contribution in [-0.4, -0.2) is 6.54 Å². The minimum Gasteiger partial charge on any atom is -0.306 e. The minimum atomic E-state index is 0.293. The van der Waals surface area contributed by atoms with Crippen LogP contribution in [0.4, 0.5) is 0 Å². The van der Waals surface area contributed by atoms with Crippen LogP contribution in [0, 0.1) is 0 Å². The first kappa shape index (κ1) is 12.8. The summed E-state index contributed by atoms with van der Waals surface area (Å²) in [6.45, 7) is 3.10. The zero-order valence-corrected chi connectivity index (χ0v) is 13.5. The largest absolute Gasteiger partial charge is 0.306 e. The van der Waals surface area contributed by atoms with Gasteiger partial charge in [-0.05, 0) is 66.9 Å². The zero-order valence-electron chi connectivity index (χ0n) is 8.67. The highest BCUT2D eigenvalue weighted by Crippen LogP contribution is 2.35. The normalized spacial score (nSPS) is 12.9. The lowest BCUT2D eigenvalue weighted by Crippen LogP contribution is -2.20. The van der Waals surface area contributed by atoms with Crippen molar-refractivity contribution in [2.75, 3.05) is 6.54 Å². The van der Waals surface area contributed by atoms with Crippen molar-refractivity contribution < 1.29 is 0 Å². The molecule has 2 rings (SSSR count). The summed E-state index contributed by atoms with van der Waals surface area (Å²) >= 11 is 10.6. The fourth-order valence-electron chi connectivity index (χ4n) is 1.55. The Kier molecular flexibility index (Phi) is 4.61. The SMILES string of the molecule is CCNC(c1csc(Br)c1)c1sccc1Br. The van der Waals surface area contributed by atoms with Crippen molar-refractivity contribution in [2.45, 2.75) is 13.0 Å². The Bertz CT molecular complexity index is 464. The van der Waals surface area contributed by atoms with Crippen LogP contribution < -0.4 is 5.32 Å². The van der Waals surface area contributed by atoms with E-state index in [2.05, 4.69) is 67.0 Å². The molecule has 0 radical (unpaired) electrons. The first-order valence-corrected chi connectivity index (χ1v) is 8.27. The van der Waals surface area contributed by atoms with E-state index in [9.17, 15) is 0 Å². The second-order valence-corrected chi connectivity index (χ2v) is 7.40. The second-order valence-electron chi connectivity index (χ2n) is 3.31. The number of hydrogen-bond acceptors (Lipinski definition) is 3. The fraction of sp³-hybridized carbons (Fsp3) is 0.273. The van der Waals surface area contributed by atoms with Crippen LogP contribution in [0.5, 0.6) is 0 Å². The van der Waals surface area contributed by atoms with E-state index in [4.69, 9.17) is 0 Å². The summed E-state index contributed by atoms with van der Waals surface area (Å²) in [5.74, 6) is 0. The van der Waals surface area contributed by atoms with Crippen LogP contribution in [0.15, 0.2) is 31.2 Å². The van der Waals surface area contributed by atoms with Crippen molar-refractivity contribution >= 4 is 54.5 Å². The molecule has 0 aromatic carbocycles. The van der Waals surface area contributed by atoms with Gasteiger partial charge < -0.3 is 5.32 Å². The molecule has 0 aliphatic rings. The molecule has 0 aliphatic carbocycles. The van der Waals surface area contributed by atoms with Gasteiger partial charge >= 0.3 is 0 Å². The van der Waals surface area contributed by atoms with E-state index in [0.717, 1.165) is 6.54 Å². The van der Waals surface area contributed by atoms with Crippen molar-refractivity contribution in [3.63, 3.8) is 0 Å². The summed E-state index contributed by atoms with van der Waals surface area (Å²) in [6, 6.07) is 4.58. The van der Waals surface area contributed by atoms with Gasteiger partial charge in [0.15, 0.2) is 0 Å². The molecule has 16 heavy (non-hydrogen) atoms. The third kappa shape index (κ3) is 2.76. The average molecular weight is 381 g/mol. The molecule has 5 heteroatoms. The Hall–Kier alpha value is 0.320. The number of halogens is 2. The first-order valence-electron chi connectivity index (χ1n) is 4.92. The molecule has 2 aromatic rings. The third-order valence-electron chi connectivity index (χ3n) is 2.24. The van der Waals surface area contributed by atoms with E-state index >= 15 is 0 Å². The van der Waals surface area contributed by atoms with E-state index in [1.807, 2.05) is 0 Å². The molecule has 1 N–H and O–H groups in total. The molecule has 1 unspecified atom stereocenters. The number of hydrogen-bond donors (Lipinski definition) is 1. The summed E-state index contributed by atoms with van der Waals surface area (Å²) in [7, 11) is 0. The van der Waals surface area contributed by atoms with Gasteiger partial charge in [-0.25, -0.2) is 0 Å². The predicted molar refractivity (Wildman–Crippen MR) is 79.6 cm³/mol. The van der Waals surface area contributed by atoms with Gasteiger partial charge in [0, 0.05) is 9.35 Å². The molecule has 0 saturated heterocycles. The standard InChI is InChI=1S/C11H11Br2NS2/c1-2-14-10(7-5-9(13)16-6-7)11-8(12)3-4-15-11/h3-6,10,14H,2H2,1H3. The lowest BCUT2D eigenvalue weighted by Gasteiger charge is -2.15. The first-order chi connectivity index (χ1) is 7.72. The van der Waals surface area contributed by atoms with E-state index in [1.54, 1.807) is 22.7 Å². The Balaban J connectivity index is 2.34. The van der Waals surface area contributed by atoms with Crippen molar-refractivity contribution in [3.8, 4) is 0 Å². The lowest BCUT2D eigenvalue weighted by atomic mass is 10.1. The molecule has 86 valence electrons. The van der Waals surface area contributed by atoms with Crippen LogP contribution in [0.1, 0.15) is 23.4 Å². The highest BCUT2D eigenvalue weighted by Gasteiger charge is 2.18. The van der Waals surface area contributed by atoms with Gasteiger partial charge in [0.05, 0.1) is 9.83 Å². The van der Waals surface area contributed by atoms with Gasteiger partial charge in [-0.15, -0.1) is 22.7 Å². The molecule has 2 aromatic heterocycles. The topological polar surface area (TPSA) is 12.0 Å². The maximum Gasteiger partial charge on any atom is 0.0701 e. The van der Waals surface area contributed by atoms with Crippen LogP contribution in [0.2, 0.25) is 0 Å². The van der Waals surface area contributed by atoms with Crippen molar-refractivity contribution in [3.05, 3.63) is 41.6 Å². The summed E-state index contributed by atoms with van der Waals surface area (Å²) in [4.78, 5) is 1.34. The fourth-order valence-corrected chi connectivity index (χ4v) is 4.46. The van der Waals surface area contributed by atoms with Gasteiger partial charge in [0.25, 0.3) is 0 Å². The number of rotatable bonds is 4. The van der Waals surface area contributed by atoms with E-state index in [-0.39, 0.29) is 0 Å². The van der Waals surface area contributed by atoms with Gasteiger partial charge in [0.2, 0.25) is 0 Å². The summed E-state index contributed by atoms with van der Waals surface area (Å²) in [5, 5.41) is 7.84. The summed E-state index contributed by atoms with van der Waals surface area (Å²) < 4.78 is 2.36. The maximum atomic E-state index is 3.60. The molecule has 0 spiro atoms. The Morgan fingerprint density at radius 2 is 2.19 bits per heavy atom. The molecular weight excluding hydrogens is 370 g/mol. The van der Waals surface area contributed by atoms with Crippen LogP contribution in [-0.2, 0) is 0 Å². The summed E-state index contributed by atoms with van der Waals surface area (Å²) in [5.41, 5.74) is 1.32. The molecule has 0 fully saturated rings. The summed E-state index contributed by atoms with van der Waals surface area (Å²) in [6.07, 6.45) is 0. The number of thiophene rings is 2. The van der Waals surface area contributed by atoms with Crippen molar-refractivity contribution in [1.82, 2.24) is 5.32 Å². The van der Waals surface area contributed by atoms with Crippen LogP contribution in [0.3, 0.4) is 0 Å². The molecule has 1 nitrogen and oxygen atoms in total. The van der Waals surface area contributed by atoms with Gasteiger partial charge in [-0.3, -0.25) is 0 Å². The molecule has 0 saturated carbocycles. The molecule has 2 heterocycles. The smallest absolute Gasteiger partial charge is 0.0701 e. The third-order valence-corrected chi connectivity index (χ3v) is 5.69. The van der Waals surface area contributed by atoms with E-state index < -0.39 is 0 Å². The number of nitrogens with one attached hydrogen (secondary N) is 1. The van der Waals surface area contributed by atoms with Crippen LogP contribution >= 0.6 is 54.5 Å². The predicted octanol–water partition coefficient (Wildman–Crippen LogP) is 5.03. The lowest BCUT2D eigenvalue weighted by molar-refractivity contribution is 0.639. The van der Waals surface area contributed by atoms with Gasteiger partial charge in [-0.2, -0.15) is 0 Å². The maximum absolute atomic E-state index is 3.60. The highest BCUT2D eigenvalue weighted by molar-refractivity contribution is 9.11. The van der Waals surface area contributed by atoms with Gasteiger partial charge in [-0.1, -0.05) is 6.92 Å². The minimum absolute atomic E-state index is 0.293. The molecule has 1 atom stereocenters. The Labute approximate surface area is 120 Å². The average Bonchev–Trinajstić information content (AvgIpc) is 2.84. The Morgan fingerprint density at radius 3 is 2.69 bits per heavy atom. The molecule has 0 bridgehead atoms. The van der Waals surface area contributed by atoms with E-state index in [0.29, 0.717) is 6.04 Å². The van der Waals surface area contributed by atoms with Crippen LogP contribution in [0.25, 0.3) is 0 Å². The quantitative estimate of drug-likeness (QED) is 0.783. The highest BCUT2D eigenvalue weighted by atomic mass is 79.9. The van der Waals surface area contributed by atoms with Gasteiger partial charge in [0.1, 0.15) is 0 Å².